The molecule has 0 spiro atoms. The number of allylic oxidation sites excluding steroid dienone is 1. The van der Waals surface area contributed by atoms with Crippen LogP contribution < -0.4 is 0 Å². The van der Waals surface area contributed by atoms with Gasteiger partial charge in [-0.1, -0.05) is 55.0 Å². The molecule has 1 aliphatic rings. The van der Waals surface area contributed by atoms with E-state index in [9.17, 15) is 0 Å². The van der Waals surface area contributed by atoms with Crippen molar-refractivity contribution >= 4 is 23.0 Å². The highest BCUT2D eigenvalue weighted by molar-refractivity contribution is 7.13. The second-order valence-corrected chi connectivity index (χ2v) is 7.38. The molecule has 0 amide bonds. The predicted molar refractivity (Wildman–Crippen MR) is 102 cm³/mol. The van der Waals surface area contributed by atoms with E-state index in [-0.39, 0.29) is 0 Å². The average molecular weight is 316 g/mol. The highest BCUT2D eigenvalue weighted by Gasteiger charge is 2.18. The second-order valence-electron chi connectivity index (χ2n) is 6.21. The number of benzene rings is 2. The Labute approximate surface area is 142 Å². The lowest BCUT2D eigenvalue weighted by Gasteiger charge is -2.08. The Kier molecular flexibility index (Phi) is 3.66. The summed E-state index contributed by atoms with van der Waals surface area (Å²) in [7, 11) is 0. The van der Waals surface area contributed by atoms with Crippen LogP contribution in [0, 0.1) is 6.92 Å². The highest BCUT2D eigenvalue weighted by Crippen LogP contribution is 2.39. The van der Waals surface area contributed by atoms with E-state index in [4.69, 9.17) is 0 Å². The lowest BCUT2D eigenvalue weighted by atomic mass is 9.97. The summed E-state index contributed by atoms with van der Waals surface area (Å²) >= 11 is 1.94. The third-order valence-corrected chi connectivity index (χ3v) is 5.89. The molecule has 0 saturated heterocycles. The first kappa shape index (κ1) is 14.5. The standard InChI is InChI=1S/C22H20S/c1-3-19-11-12-22(23-19)18-13-17-5-4-6-20(21(17)14-18)16-9-7-15(2)8-10-16/h4-12,14H,3,13H2,1-2H3. The number of rotatable bonds is 3. The maximum Gasteiger partial charge on any atom is 0.0308 e. The largest absolute Gasteiger partial charge is 0.141 e. The number of hydrogen-bond donors (Lipinski definition) is 0. The van der Waals surface area contributed by atoms with Crippen LogP contribution in [0.3, 0.4) is 0 Å². The summed E-state index contributed by atoms with van der Waals surface area (Å²) in [5.41, 5.74) is 8.28. The van der Waals surface area contributed by atoms with E-state index in [1.165, 1.54) is 43.1 Å². The SMILES string of the molecule is CCc1ccc(C2=Cc3c(cccc3-c3ccc(C)cc3)C2)s1. The quantitative estimate of drug-likeness (QED) is 0.525. The molecule has 114 valence electrons. The number of fused-ring (bicyclic) bond motifs is 1. The molecule has 0 unspecified atom stereocenters. The lowest BCUT2D eigenvalue weighted by molar-refractivity contribution is 1.19. The van der Waals surface area contributed by atoms with Gasteiger partial charge in [-0.05, 0) is 65.8 Å². The van der Waals surface area contributed by atoms with Gasteiger partial charge < -0.3 is 0 Å². The Bertz CT molecular complexity index is 879. The Morgan fingerprint density at radius 3 is 2.52 bits per heavy atom. The molecular formula is C22H20S. The normalized spacial score (nSPS) is 13.0. The third-order valence-electron chi connectivity index (χ3n) is 4.59. The Hall–Kier alpha value is -2.12. The Morgan fingerprint density at radius 1 is 0.957 bits per heavy atom. The van der Waals surface area contributed by atoms with Crippen LogP contribution in [0.15, 0.2) is 54.6 Å². The lowest BCUT2D eigenvalue weighted by Crippen LogP contribution is -1.87. The van der Waals surface area contributed by atoms with Gasteiger partial charge >= 0.3 is 0 Å². The van der Waals surface area contributed by atoms with Crippen molar-refractivity contribution in [3.05, 3.63) is 81.0 Å². The van der Waals surface area contributed by atoms with Gasteiger partial charge in [0.1, 0.15) is 0 Å². The summed E-state index contributed by atoms with van der Waals surface area (Å²) in [6, 6.07) is 20.1. The molecule has 0 saturated carbocycles. The van der Waals surface area contributed by atoms with E-state index in [1.807, 2.05) is 11.3 Å². The molecule has 1 aromatic heterocycles. The fourth-order valence-electron chi connectivity index (χ4n) is 3.25. The highest BCUT2D eigenvalue weighted by atomic mass is 32.1. The molecule has 1 heterocycles. The third kappa shape index (κ3) is 2.66. The summed E-state index contributed by atoms with van der Waals surface area (Å²) in [5.74, 6) is 0. The molecule has 4 rings (SSSR count). The van der Waals surface area contributed by atoms with Gasteiger partial charge in [-0.15, -0.1) is 11.3 Å². The molecule has 0 nitrogen and oxygen atoms in total. The van der Waals surface area contributed by atoms with Gasteiger partial charge in [0, 0.05) is 9.75 Å². The number of aryl methyl sites for hydroxylation is 2. The molecule has 1 aliphatic carbocycles. The Balaban J connectivity index is 1.77. The van der Waals surface area contributed by atoms with Crippen LogP contribution >= 0.6 is 11.3 Å². The summed E-state index contributed by atoms with van der Waals surface area (Å²) in [5, 5.41) is 0. The zero-order valence-corrected chi connectivity index (χ0v) is 14.4. The molecule has 0 aliphatic heterocycles. The average Bonchev–Trinajstić information content (AvgIpc) is 3.21. The van der Waals surface area contributed by atoms with Crippen molar-refractivity contribution in [1.29, 1.82) is 0 Å². The first-order valence-corrected chi connectivity index (χ1v) is 9.05. The van der Waals surface area contributed by atoms with Crippen molar-refractivity contribution in [2.24, 2.45) is 0 Å². The molecular weight excluding hydrogens is 296 g/mol. The van der Waals surface area contributed by atoms with Crippen LogP contribution in [0.5, 0.6) is 0 Å². The molecule has 3 aromatic rings. The van der Waals surface area contributed by atoms with Crippen LogP contribution in [0.2, 0.25) is 0 Å². The van der Waals surface area contributed by atoms with Gasteiger partial charge in [0.05, 0.1) is 0 Å². The minimum atomic E-state index is 1.05. The van der Waals surface area contributed by atoms with Crippen LogP contribution in [-0.4, -0.2) is 0 Å². The van der Waals surface area contributed by atoms with E-state index in [0.717, 1.165) is 12.8 Å². The molecule has 0 radical (unpaired) electrons. The summed E-state index contributed by atoms with van der Waals surface area (Å²) in [6.45, 7) is 4.36. The zero-order valence-electron chi connectivity index (χ0n) is 13.6. The van der Waals surface area contributed by atoms with Crippen LogP contribution in [0.25, 0.3) is 22.8 Å². The van der Waals surface area contributed by atoms with Gasteiger partial charge in [0.25, 0.3) is 0 Å². The van der Waals surface area contributed by atoms with Gasteiger partial charge in [-0.3, -0.25) is 0 Å². The van der Waals surface area contributed by atoms with Crippen molar-refractivity contribution in [2.45, 2.75) is 26.7 Å². The first-order chi connectivity index (χ1) is 11.2. The maximum absolute atomic E-state index is 2.40. The van der Waals surface area contributed by atoms with Gasteiger partial charge in [-0.25, -0.2) is 0 Å². The maximum atomic E-state index is 2.40. The molecule has 0 N–H and O–H groups in total. The van der Waals surface area contributed by atoms with Crippen molar-refractivity contribution in [2.75, 3.05) is 0 Å². The number of thiophene rings is 1. The molecule has 0 fully saturated rings. The van der Waals surface area contributed by atoms with Gasteiger partial charge in [0.2, 0.25) is 0 Å². The van der Waals surface area contributed by atoms with Gasteiger partial charge in [-0.2, -0.15) is 0 Å². The van der Waals surface area contributed by atoms with Crippen LogP contribution in [0.4, 0.5) is 0 Å². The van der Waals surface area contributed by atoms with Crippen molar-refractivity contribution in [3.63, 3.8) is 0 Å². The fourth-order valence-corrected chi connectivity index (χ4v) is 4.21. The molecule has 0 atom stereocenters. The second kappa shape index (κ2) is 5.82. The zero-order chi connectivity index (χ0) is 15.8. The van der Waals surface area contributed by atoms with Crippen molar-refractivity contribution < 1.29 is 0 Å². The van der Waals surface area contributed by atoms with Crippen LogP contribution in [-0.2, 0) is 12.8 Å². The minimum Gasteiger partial charge on any atom is -0.141 e. The monoisotopic (exact) mass is 316 g/mol. The van der Waals surface area contributed by atoms with E-state index in [2.05, 4.69) is 74.5 Å². The molecule has 2 aromatic carbocycles. The topological polar surface area (TPSA) is 0 Å². The molecule has 1 heteroatoms. The van der Waals surface area contributed by atoms with E-state index >= 15 is 0 Å². The van der Waals surface area contributed by atoms with Crippen molar-refractivity contribution in [3.8, 4) is 11.1 Å². The minimum absolute atomic E-state index is 1.05. The smallest absolute Gasteiger partial charge is 0.0308 e. The summed E-state index contributed by atoms with van der Waals surface area (Å²) < 4.78 is 0. The molecule has 0 bridgehead atoms. The first-order valence-electron chi connectivity index (χ1n) is 8.23. The van der Waals surface area contributed by atoms with Gasteiger partial charge in [0.15, 0.2) is 0 Å². The van der Waals surface area contributed by atoms with Crippen LogP contribution in [0.1, 0.15) is 33.4 Å². The fraction of sp³-hybridized carbons (Fsp3) is 0.182. The summed E-state index contributed by atoms with van der Waals surface area (Å²) in [4.78, 5) is 2.89. The van der Waals surface area contributed by atoms with Crippen molar-refractivity contribution in [1.82, 2.24) is 0 Å². The van der Waals surface area contributed by atoms with E-state index in [0.29, 0.717) is 0 Å². The summed E-state index contributed by atoms with van der Waals surface area (Å²) in [6.07, 6.45) is 4.58. The van der Waals surface area contributed by atoms with E-state index in [1.54, 1.807) is 0 Å². The number of hydrogen-bond acceptors (Lipinski definition) is 1. The molecule has 23 heavy (non-hydrogen) atoms. The Morgan fingerprint density at radius 2 is 1.78 bits per heavy atom. The van der Waals surface area contributed by atoms with E-state index < -0.39 is 0 Å². The predicted octanol–water partition coefficient (Wildman–Crippen LogP) is 6.38.